The largest absolute Gasteiger partial charge is 0.454 e. The molecule has 0 saturated heterocycles. The fraction of sp³-hybridized carbons (Fsp3) is 0.211. The maximum Gasteiger partial charge on any atom is 0.237 e. The Morgan fingerprint density at radius 1 is 1.15 bits per heavy atom. The predicted molar refractivity (Wildman–Crippen MR) is 103 cm³/mol. The molecule has 7 nitrogen and oxygen atoms in total. The molecule has 3 aromatic rings. The number of fused-ring (bicyclic) bond motifs is 1. The van der Waals surface area contributed by atoms with Crippen LogP contribution in [0.4, 0.5) is 5.69 Å². The minimum atomic E-state index is -0.345. The molecule has 138 valence electrons. The van der Waals surface area contributed by atoms with E-state index in [2.05, 4.69) is 15.5 Å². The first-order chi connectivity index (χ1) is 13.1. The van der Waals surface area contributed by atoms with Crippen LogP contribution in [0.15, 0.2) is 53.7 Å². The third kappa shape index (κ3) is 3.61. The lowest BCUT2D eigenvalue weighted by molar-refractivity contribution is -0.115. The van der Waals surface area contributed by atoms with Crippen molar-refractivity contribution in [3.05, 3.63) is 48.5 Å². The zero-order valence-corrected chi connectivity index (χ0v) is 15.7. The SMILES string of the molecule is C[C@H](Sc1nnc(-c2ccccc2)n1C)C(=O)Nc1ccc2c(c1)OCO2. The lowest BCUT2D eigenvalue weighted by Gasteiger charge is -2.12. The highest BCUT2D eigenvalue weighted by molar-refractivity contribution is 8.00. The fourth-order valence-electron chi connectivity index (χ4n) is 2.69. The van der Waals surface area contributed by atoms with Crippen LogP contribution in [0.3, 0.4) is 0 Å². The minimum absolute atomic E-state index is 0.122. The summed E-state index contributed by atoms with van der Waals surface area (Å²) in [5.41, 5.74) is 1.65. The van der Waals surface area contributed by atoms with Gasteiger partial charge in [-0.05, 0) is 19.1 Å². The Morgan fingerprint density at radius 2 is 1.93 bits per heavy atom. The van der Waals surface area contributed by atoms with Crippen molar-refractivity contribution in [1.29, 1.82) is 0 Å². The number of hydrogen-bond acceptors (Lipinski definition) is 6. The maximum atomic E-state index is 12.5. The molecule has 1 aliphatic heterocycles. The van der Waals surface area contributed by atoms with E-state index in [0.717, 1.165) is 11.4 Å². The summed E-state index contributed by atoms with van der Waals surface area (Å²) >= 11 is 1.36. The molecule has 1 amide bonds. The monoisotopic (exact) mass is 382 g/mol. The molecule has 1 N–H and O–H groups in total. The highest BCUT2D eigenvalue weighted by atomic mass is 32.2. The molecule has 1 aromatic heterocycles. The smallest absolute Gasteiger partial charge is 0.237 e. The summed E-state index contributed by atoms with van der Waals surface area (Å²) in [6, 6.07) is 15.2. The molecule has 0 saturated carbocycles. The number of nitrogens with one attached hydrogen (secondary N) is 1. The number of aromatic nitrogens is 3. The zero-order valence-electron chi connectivity index (χ0n) is 14.9. The van der Waals surface area contributed by atoms with Crippen LogP contribution in [0.2, 0.25) is 0 Å². The van der Waals surface area contributed by atoms with Gasteiger partial charge in [-0.25, -0.2) is 0 Å². The first kappa shape index (κ1) is 17.4. The number of carbonyl (C=O) groups is 1. The summed E-state index contributed by atoms with van der Waals surface area (Å²) in [7, 11) is 1.90. The first-order valence-electron chi connectivity index (χ1n) is 8.44. The van der Waals surface area contributed by atoms with Crippen LogP contribution in [0, 0.1) is 0 Å². The van der Waals surface area contributed by atoms with Gasteiger partial charge >= 0.3 is 0 Å². The van der Waals surface area contributed by atoms with Crippen molar-refractivity contribution in [2.24, 2.45) is 7.05 Å². The average Bonchev–Trinajstić information content (AvgIpc) is 3.29. The third-order valence-electron chi connectivity index (χ3n) is 4.16. The number of anilines is 1. The van der Waals surface area contributed by atoms with Crippen molar-refractivity contribution in [2.45, 2.75) is 17.3 Å². The Bertz CT molecular complexity index is 974. The molecule has 0 bridgehead atoms. The van der Waals surface area contributed by atoms with Crippen molar-refractivity contribution in [1.82, 2.24) is 14.8 Å². The number of amides is 1. The Labute approximate surface area is 160 Å². The molecule has 0 aliphatic carbocycles. The fourth-order valence-corrected chi connectivity index (χ4v) is 3.50. The van der Waals surface area contributed by atoms with Crippen molar-refractivity contribution in [2.75, 3.05) is 12.1 Å². The van der Waals surface area contributed by atoms with E-state index in [0.29, 0.717) is 22.3 Å². The normalized spacial score (nSPS) is 13.4. The summed E-state index contributed by atoms with van der Waals surface area (Å²) in [6.07, 6.45) is 0. The molecule has 2 aromatic carbocycles. The van der Waals surface area contributed by atoms with E-state index in [1.54, 1.807) is 18.2 Å². The van der Waals surface area contributed by atoms with Crippen LogP contribution in [-0.2, 0) is 11.8 Å². The van der Waals surface area contributed by atoms with Gasteiger partial charge < -0.3 is 19.4 Å². The summed E-state index contributed by atoms with van der Waals surface area (Å²) < 4.78 is 12.5. The zero-order chi connectivity index (χ0) is 18.8. The van der Waals surface area contributed by atoms with Gasteiger partial charge in [-0.1, -0.05) is 42.1 Å². The van der Waals surface area contributed by atoms with Gasteiger partial charge in [0.25, 0.3) is 0 Å². The molecule has 4 rings (SSSR count). The summed E-state index contributed by atoms with van der Waals surface area (Å²) in [6.45, 7) is 2.04. The highest BCUT2D eigenvalue weighted by Crippen LogP contribution is 2.34. The lowest BCUT2D eigenvalue weighted by atomic mass is 10.2. The van der Waals surface area contributed by atoms with E-state index >= 15 is 0 Å². The highest BCUT2D eigenvalue weighted by Gasteiger charge is 2.20. The van der Waals surface area contributed by atoms with E-state index < -0.39 is 0 Å². The van der Waals surface area contributed by atoms with E-state index in [4.69, 9.17) is 9.47 Å². The van der Waals surface area contributed by atoms with Gasteiger partial charge in [-0.2, -0.15) is 0 Å². The van der Waals surface area contributed by atoms with Crippen LogP contribution < -0.4 is 14.8 Å². The number of rotatable bonds is 5. The van der Waals surface area contributed by atoms with Crippen molar-refractivity contribution < 1.29 is 14.3 Å². The predicted octanol–water partition coefficient (Wildman–Crippen LogP) is 3.33. The van der Waals surface area contributed by atoms with Gasteiger partial charge in [0.2, 0.25) is 12.7 Å². The second kappa shape index (κ2) is 7.32. The Kier molecular flexibility index (Phi) is 4.72. The Morgan fingerprint density at radius 3 is 2.74 bits per heavy atom. The number of benzene rings is 2. The number of hydrogen-bond donors (Lipinski definition) is 1. The van der Waals surface area contributed by atoms with Gasteiger partial charge in [0.05, 0.1) is 5.25 Å². The molecule has 0 spiro atoms. The van der Waals surface area contributed by atoms with E-state index in [1.807, 2.05) is 48.9 Å². The Hall–Kier alpha value is -3.00. The number of carbonyl (C=O) groups excluding carboxylic acids is 1. The van der Waals surface area contributed by atoms with E-state index in [-0.39, 0.29) is 18.0 Å². The quantitative estimate of drug-likeness (QED) is 0.682. The van der Waals surface area contributed by atoms with Crippen molar-refractivity contribution >= 4 is 23.4 Å². The third-order valence-corrected chi connectivity index (χ3v) is 5.29. The molecule has 27 heavy (non-hydrogen) atoms. The first-order valence-corrected chi connectivity index (χ1v) is 9.32. The van der Waals surface area contributed by atoms with Crippen LogP contribution in [0.25, 0.3) is 11.4 Å². The van der Waals surface area contributed by atoms with E-state index in [1.165, 1.54) is 11.8 Å². The van der Waals surface area contributed by atoms with Crippen LogP contribution in [0.5, 0.6) is 11.5 Å². The summed E-state index contributed by atoms with van der Waals surface area (Å²) in [5.74, 6) is 1.96. The Balaban J connectivity index is 1.44. The summed E-state index contributed by atoms with van der Waals surface area (Å²) in [4.78, 5) is 12.5. The molecule has 0 radical (unpaired) electrons. The van der Waals surface area contributed by atoms with Crippen molar-refractivity contribution in [3.8, 4) is 22.9 Å². The number of thioether (sulfide) groups is 1. The molecule has 8 heteroatoms. The van der Waals surface area contributed by atoms with Gasteiger partial charge in [-0.15, -0.1) is 10.2 Å². The second-order valence-corrected chi connectivity index (χ2v) is 7.36. The summed E-state index contributed by atoms with van der Waals surface area (Å²) in [5, 5.41) is 11.7. The number of nitrogens with zero attached hydrogens (tertiary/aromatic N) is 3. The minimum Gasteiger partial charge on any atom is -0.454 e. The molecule has 0 fully saturated rings. The van der Waals surface area contributed by atoms with Gasteiger partial charge in [0.1, 0.15) is 0 Å². The maximum absolute atomic E-state index is 12.5. The van der Waals surface area contributed by atoms with Gasteiger partial charge in [0.15, 0.2) is 22.5 Å². The van der Waals surface area contributed by atoms with E-state index in [9.17, 15) is 4.79 Å². The van der Waals surface area contributed by atoms with Crippen LogP contribution >= 0.6 is 11.8 Å². The molecular formula is C19H18N4O3S. The van der Waals surface area contributed by atoms with Crippen molar-refractivity contribution in [3.63, 3.8) is 0 Å². The topological polar surface area (TPSA) is 78.3 Å². The standard InChI is InChI=1S/C19H18N4O3S/c1-12(18(24)20-14-8-9-15-16(10-14)26-11-25-15)27-19-22-21-17(23(19)2)13-6-4-3-5-7-13/h3-10,12H,11H2,1-2H3,(H,20,24)/t12-/m0/s1. The molecular weight excluding hydrogens is 364 g/mol. The lowest BCUT2D eigenvalue weighted by Crippen LogP contribution is -2.22. The molecule has 1 atom stereocenters. The molecule has 2 heterocycles. The van der Waals surface area contributed by atoms with Gasteiger partial charge in [0, 0.05) is 24.4 Å². The van der Waals surface area contributed by atoms with Crippen LogP contribution in [0.1, 0.15) is 6.92 Å². The average molecular weight is 382 g/mol. The second-order valence-electron chi connectivity index (χ2n) is 6.05. The number of ether oxygens (including phenoxy) is 2. The van der Waals surface area contributed by atoms with Gasteiger partial charge in [-0.3, -0.25) is 4.79 Å². The van der Waals surface area contributed by atoms with Crippen LogP contribution in [-0.4, -0.2) is 32.7 Å². The molecule has 1 aliphatic rings. The molecule has 0 unspecified atom stereocenters.